The van der Waals surface area contributed by atoms with E-state index in [4.69, 9.17) is 0 Å². The summed E-state index contributed by atoms with van der Waals surface area (Å²) in [5.74, 6) is 3.34. The average Bonchev–Trinajstić information content (AvgIpc) is 3.84. The molecule has 7 aromatic carbocycles. The van der Waals surface area contributed by atoms with E-state index in [-0.39, 0.29) is 10.8 Å². The third-order valence-corrected chi connectivity index (χ3v) is 17.5. The fraction of sp³-hybridized carbons (Fsp3) is 0.300. The van der Waals surface area contributed by atoms with Crippen LogP contribution in [0.15, 0.2) is 158 Å². The summed E-state index contributed by atoms with van der Waals surface area (Å²) < 4.78 is 2.45. The van der Waals surface area contributed by atoms with Crippen molar-refractivity contribution in [1.29, 1.82) is 0 Å². The molecule has 4 bridgehead atoms. The first-order chi connectivity index (χ1) is 30.7. The van der Waals surface area contributed by atoms with Crippen molar-refractivity contribution in [3.05, 3.63) is 186 Å². The predicted molar refractivity (Wildman–Crippen MR) is 257 cm³/mol. The smallest absolute Gasteiger partial charge is 0.0541 e. The van der Waals surface area contributed by atoms with Gasteiger partial charge in [0.05, 0.1) is 11.0 Å². The zero-order chi connectivity index (χ0) is 40.6. The number of anilines is 2. The van der Waals surface area contributed by atoms with Crippen molar-refractivity contribution < 1.29 is 0 Å². The van der Waals surface area contributed by atoms with Crippen molar-refractivity contribution in [2.24, 2.45) is 23.7 Å². The maximum atomic E-state index is 2.71. The lowest BCUT2D eigenvalue weighted by molar-refractivity contribution is 0.0617. The number of hydrogen-bond acceptors (Lipinski definition) is 1. The zero-order valence-electron chi connectivity index (χ0n) is 35.7. The molecular weight excluding hydrogens is 749 g/mol. The molecule has 0 radical (unpaired) electrons. The van der Waals surface area contributed by atoms with Gasteiger partial charge in [-0.2, -0.15) is 0 Å². The summed E-state index contributed by atoms with van der Waals surface area (Å²) in [5.41, 5.74) is 20.3. The average molecular weight is 803 g/mol. The van der Waals surface area contributed by atoms with Crippen LogP contribution in [0.5, 0.6) is 0 Å². The molecular formula is C60H54N2. The van der Waals surface area contributed by atoms with Gasteiger partial charge in [0.1, 0.15) is 0 Å². The maximum absolute atomic E-state index is 2.71. The Morgan fingerprint density at radius 2 is 1.08 bits per heavy atom. The first-order valence-electron chi connectivity index (χ1n) is 24.0. The lowest BCUT2D eigenvalue weighted by atomic mass is 9.50. The van der Waals surface area contributed by atoms with Gasteiger partial charge in [-0.15, -0.1) is 0 Å². The second-order valence-electron chi connectivity index (χ2n) is 20.3. The summed E-state index contributed by atoms with van der Waals surface area (Å²) >= 11 is 0. The quantitative estimate of drug-likeness (QED) is 0.168. The van der Waals surface area contributed by atoms with Gasteiger partial charge < -0.3 is 9.47 Å². The molecule has 62 heavy (non-hydrogen) atoms. The highest BCUT2D eigenvalue weighted by Gasteiger charge is 2.59. The largest absolute Gasteiger partial charge is 0.337 e. The minimum absolute atomic E-state index is 0.107. The Bertz CT molecular complexity index is 3020. The van der Waals surface area contributed by atoms with Gasteiger partial charge in [-0.1, -0.05) is 135 Å². The van der Waals surface area contributed by atoms with E-state index in [1.54, 1.807) is 22.3 Å². The van der Waals surface area contributed by atoms with Crippen molar-refractivity contribution in [2.75, 3.05) is 4.90 Å². The highest BCUT2D eigenvalue weighted by atomic mass is 15.1. The van der Waals surface area contributed by atoms with Crippen LogP contribution in [0, 0.1) is 23.7 Å². The van der Waals surface area contributed by atoms with Crippen LogP contribution in [0.25, 0.3) is 49.7 Å². The standard InChI is InChI=1S/C60H54N2/c1-10-30-59(31-11-1)53-16-6-2-12-47(53)49-29-27-46(37-55(49)59)61(44-23-25-45(26-24-44)62-57-18-8-4-14-51(57)52-15-5-9-19-58(52)62)38-40-21-28-50-48-13-3-7-17-54(48)60(56(50)36-40)42-22-20-39-32-41(34-42)35-43(60)33-39/h2-9,12-19,21,23-29,36-37,39,41-43H,1,10-11,20,22,30-35,38H2. The lowest BCUT2D eigenvalue weighted by Crippen LogP contribution is -2.48. The highest BCUT2D eigenvalue weighted by molar-refractivity contribution is 6.09. The van der Waals surface area contributed by atoms with Crippen molar-refractivity contribution in [3.8, 4) is 27.9 Å². The molecule has 2 heteroatoms. The molecule has 5 unspecified atom stereocenters. The molecule has 7 aliphatic rings. The molecule has 5 saturated carbocycles. The molecule has 0 amide bonds. The highest BCUT2D eigenvalue weighted by Crippen LogP contribution is 2.68. The first-order valence-corrected chi connectivity index (χ1v) is 24.0. The van der Waals surface area contributed by atoms with Gasteiger partial charge in [-0.3, -0.25) is 0 Å². The number of aromatic nitrogens is 1. The topological polar surface area (TPSA) is 8.17 Å². The second-order valence-corrected chi connectivity index (χ2v) is 20.3. The molecule has 15 rings (SSSR count). The third-order valence-electron chi connectivity index (χ3n) is 17.5. The molecule has 0 N–H and O–H groups in total. The number of para-hydroxylation sites is 2. The van der Waals surface area contributed by atoms with Crippen LogP contribution >= 0.6 is 0 Å². The van der Waals surface area contributed by atoms with E-state index in [1.807, 2.05) is 0 Å². The van der Waals surface area contributed by atoms with Crippen molar-refractivity contribution >= 4 is 33.2 Å². The summed E-state index contributed by atoms with van der Waals surface area (Å²) in [5, 5.41) is 2.60. The Hall–Kier alpha value is -5.86. The van der Waals surface area contributed by atoms with Gasteiger partial charge in [0.25, 0.3) is 0 Å². The molecule has 1 aromatic heterocycles. The van der Waals surface area contributed by atoms with Crippen molar-refractivity contribution in [2.45, 2.75) is 88.0 Å². The van der Waals surface area contributed by atoms with Gasteiger partial charge >= 0.3 is 0 Å². The molecule has 2 spiro atoms. The molecule has 7 aliphatic carbocycles. The fourth-order valence-corrected chi connectivity index (χ4v) is 15.2. The predicted octanol–water partition coefficient (Wildman–Crippen LogP) is 15.5. The van der Waals surface area contributed by atoms with Crippen LogP contribution in [-0.2, 0) is 17.4 Å². The van der Waals surface area contributed by atoms with E-state index in [2.05, 4.69) is 167 Å². The molecule has 0 saturated heterocycles. The fourth-order valence-electron chi connectivity index (χ4n) is 15.2. The van der Waals surface area contributed by atoms with Crippen molar-refractivity contribution in [1.82, 2.24) is 4.57 Å². The van der Waals surface area contributed by atoms with E-state index in [9.17, 15) is 0 Å². The van der Waals surface area contributed by atoms with Gasteiger partial charge in [0.2, 0.25) is 0 Å². The minimum atomic E-state index is 0.107. The van der Waals surface area contributed by atoms with Gasteiger partial charge in [0, 0.05) is 45.2 Å². The zero-order valence-corrected chi connectivity index (χ0v) is 35.7. The van der Waals surface area contributed by atoms with E-state index in [0.717, 1.165) is 30.2 Å². The molecule has 5 fully saturated rings. The van der Waals surface area contributed by atoms with Crippen LogP contribution in [0.3, 0.4) is 0 Å². The van der Waals surface area contributed by atoms with Crippen LogP contribution in [0.2, 0.25) is 0 Å². The number of benzene rings is 7. The van der Waals surface area contributed by atoms with E-state index in [1.165, 1.54) is 137 Å². The monoisotopic (exact) mass is 802 g/mol. The number of rotatable bonds is 5. The normalized spacial score (nSPS) is 24.6. The summed E-state index contributed by atoms with van der Waals surface area (Å²) in [6, 6.07) is 61.4. The van der Waals surface area contributed by atoms with Gasteiger partial charge in [0.15, 0.2) is 0 Å². The molecule has 2 nitrogen and oxygen atoms in total. The van der Waals surface area contributed by atoms with E-state index in [0.29, 0.717) is 0 Å². The van der Waals surface area contributed by atoms with Gasteiger partial charge in [-0.25, -0.2) is 0 Å². The van der Waals surface area contributed by atoms with Crippen molar-refractivity contribution in [3.63, 3.8) is 0 Å². The Kier molecular flexibility index (Phi) is 7.67. The van der Waals surface area contributed by atoms with Crippen LogP contribution in [0.1, 0.15) is 98.4 Å². The van der Waals surface area contributed by atoms with E-state index >= 15 is 0 Å². The lowest BCUT2D eigenvalue weighted by Gasteiger charge is -2.53. The molecule has 0 aliphatic heterocycles. The summed E-state index contributed by atoms with van der Waals surface area (Å²) in [6.07, 6.45) is 15.0. The Labute approximate surface area is 366 Å². The Morgan fingerprint density at radius 3 is 1.87 bits per heavy atom. The molecule has 8 aromatic rings. The van der Waals surface area contributed by atoms with Crippen LogP contribution < -0.4 is 4.90 Å². The van der Waals surface area contributed by atoms with Crippen LogP contribution in [0.4, 0.5) is 11.4 Å². The minimum Gasteiger partial charge on any atom is -0.337 e. The number of fused-ring (bicyclic) bond motifs is 12. The van der Waals surface area contributed by atoms with Crippen LogP contribution in [-0.4, -0.2) is 4.57 Å². The summed E-state index contributed by atoms with van der Waals surface area (Å²) in [4.78, 5) is 2.65. The Morgan fingerprint density at radius 1 is 0.468 bits per heavy atom. The molecule has 5 atom stereocenters. The second kappa shape index (κ2) is 13.3. The number of hydrogen-bond donors (Lipinski definition) is 0. The first kappa shape index (κ1) is 35.7. The van der Waals surface area contributed by atoms with E-state index < -0.39 is 0 Å². The maximum Gasteiger partial charge on any atom is 0.0541 e. The van der Waals surface area contributed by atoms with Gasteiger partial charge in [-0.05, 0) is 167 Å². The molecule has 1 heterocycles. The summed E-state index contributed by atoms with van der Waals surface area (Å²) in [6.45, 7) is 0.827. The third kappa shape index (κ3) is 4.87. The number of nitrogens with zero attached hydrogens (tertiary/aromatic N) is 2. The SMILES string of the molecule is c1ccc2c(c1)-c1ccc(N(Cc3ccc4c(c3)C3(c5ccccc5-4)C4CCC5CC(C4)CC3C5)c3ccc(-n4c5ccccc5c5ccccc54)cc3)cc1C21CCCCC1. The Balaban J connectivity index is 0.922. The summed E-state index contributed by atoms with van der Waals surface area (Å²) in [7, 11) is 0. The molecule has 304 valence electrons.